The molecule has 0 spiro atoms. The van der Waals surface area contributed by atoms with E-state index in [1.165, 1.54) is 11.3 Å². The number of nitrogens with zero attached hydrogens (tertiary/aromatic N) is 1. The Labute approximate surface area is 214 Å². The molecule has 1 saturated carbocycles. The summed E-state index contributed by atoms with van der Waals surface area (Å²) in [6.07, 6.45) is 3.19. The van der Waals surface area contributed by atoms with E-state index in [1.54, 1.807) is 29.6 Å². The van der Waals surface area contributed by atoms with Crippen molar-refractivity contribution in [2.45, 2.75) is 58.2 Å². The minimum Gasteiger partial charge on any atom is -0.486 e. The fourth-order valence-corrected chi connectivity index (χ4v) is 4.98. The molecule has 1 fully saturated rings. The van der Waals surface area contributed by atoms with E-state index >= 15 is 0 Å². The molecule has 9 heteroatoms. The summed E-state index contributed by atoms with van der Waals surface area (Å²) in [5.41, 5.74) is 3.39. The highest BCUT2D eigenvalue weighted by molar-refractivity contribution is 7.09. The van der Waals surface area contributed by atoms with Crippen molar-refractivity contribution in [3.8, 4) is 5.75 Å². The molecule has 0 saturated heterocycles. The highest BCUT2D eigenvalue weighted by Crippen LogP contribution is 2.21. The Balaban J connectivity index is 1.19. The number of ether oxygens (including phenoxy) is 1. The molecule has 0 unspecified atom stereocenters. The van der Waals surface area contributed by atoms with Crippen LogP contribution in [0.4, 0.5) is 10.5 Å². The highest BCUT2D eigenvalue weighted by atomic mass is 35.5. The number of carbonyl (C=O) groups excluding carboxylic acids is 2. The number of anilines is 1. The van der Waals surface area contributed by atoms with Crippen molar-refractivity contribution in [3.63, 3.8) is 0 Å². The van der Waals surface area contributed by atoms with Crippen molar-refractivity contribution in [2.24, 2.45) is 0 Å². The van der Waals surface area contributed by atoms with E-state index in [2.05, 4.69) is 27.0 Å². The van der Waals surface area contributed by atoms with E-state index in [-0.39, 0.29) is 24.0 Å². The maximum absolute atomic E-state index is 12.7. The van der Waals surface area contributed by atoms with Gasteiger partial charge in [0.1, 0.15) is 23.1 Å². The minimum atomic E-state index is -0.238. The van der Waals surface area contributed by atoms with Crippen LogP contribution in [0.5, 0.6) is 5.75 Å². The Kier molecular flexibility index (Phi) is 8.25. The number of rotatable bonds is 7. The second-order valence-corrected chi connectivity index (χ2v) is 10.2. The van der Waals surface area contributed by atoms with Crippen molar-refractivity contribution < 1.29 is 14.3 Å². The highest BCUT2D eigenvalue weighted by Gasteiger charge is 2.24. The molecule has 3 aromatic rings. The normalized spacial score (nSPS) is 17.5. The van der Waals surface area contributed by atoms with E-state index in [0.717, 1.165) is 47.6 Å². The third kappa shape index (κ3) is 7.44. The van der Waals surface area contributed by atoms with Gasteiger partial charge in [0.25, 0.3) is 5.91 Å². The lowest BCUT2D eigenvalue weighted by Gasteiger charge is -2.29. The van der Waals surface area contributed by atoms with Crippen LogP contribution in [0.1, 0.15) is 52.3 Å². The zero-order valence-corrected chi connectivity index (χ0v) is 21.3. The lowest BCUT2D eigenvalue weighted by atomic mass is 9.91. The first kappa shape index (κ1) is 25.0. The molecule has 1 aromatic heterocycles. The van der Waals surface area contributed by atoms with Crippen molar-refractivity contribution in [2.75, 3.05) is 5.32 Å². The van der Waals surface area contributed by atoms with Crippen LogP contribution in [0, 0.1) is 13.8 Å². The number of aryl methyl sites for hydroxylation is 2. The Bertz CT molecular complexity index is 1150. The maximum atomic E-state index is 12.7. The van der Waals surface area contributed by atoms with Crippen LogP contribution in [0.25, 0.3) is 0 Å². The lowest BCUT2D eigenvalue weighted by molar-refractivity contribution is 0.0919. The number of halogens is 1. The molecule has 0 atom stereocenters. The summed E-state index contributed by atoms with van der Waals surface area (Å²) < 4.78 is 5.85. The number of thiazole rings is 1. The predicted molar refractivity (Wildman–Crippen MR) is 139 cm³/mol. The molecule has 1 heterocycles. The first-order valence-electron chi connectivity index (χ1n) is 11.6. The summed E-state index contributed by atoms with van der Waals surface area (Å²) in [4.78, 5) is 29.4. The van der Waals surface area contributed by atoms with Gasteiger partial charge in [-0.1, -0.05) is 17.7 Å². The predicted octanol–water partition coefficient (Wildman–Crippen LogP) is 5.86. The maximum Gasteiger partial charge on any atom is 0.319 e. The van der Waals surface area contributed by atoms with E-state index < -0.39 is 0 Å². The molecule has 3 amide bonds. The van der Waals surface area contributed by atoms with Crippen molar-refractivity contribution in [1.29, 1.82) is 0 Å². The van der Waals surface area contributed by atoms with E-state index in [1.807, 2.05) is 26.0 Å². The third-order valence-corrected chi connectivity index (χ3v) is 6.92. The van der Waals surface area contributed by atoms with Crippen molar-refractivity contribution in [1.82, 2.24) is 15.6 Å². The van der Waals surface area contributed by atoms with Crippen LogP contribution >= 0.6 is 22.9 Å². The number of amides is 3. The van der Waals surface area contributed by atoms with Gasteiger partial charge in [-0.05, 0) is 87.1 Å². The summed E-state index contributed by atoms with van der Waals surface area (Å²) in [7, 11) is 0. The monoisotopic (exact) mass is 512 g/mol. The third-order valence-electron chi connectivity index (χ3n) is 5.84. The van der Waals surface area contributed by atoms with E-state index in [0.29, 0.717) is 23.0 Å². The van der Waals surface area contributed by atoms with Gasteiger partial charge in [-0.25, -0.2) is 9.78 Å². The van der Waals surface area contributed by atoms with Crippen LogP contribution in [0.2, 0.25) is 5.02 Å². The van der Waals surface area contributed by atoms with E-state index in [4.69, 9.17) is 16.3 Å². The Morgan fingerprint density at radius 2 is 1.63 bits per heavy atom. The van der Waals surface area contributed by atoms with Crippen LogP contribution in [-0.2, 0) is 6.61 Å². The summed E-state index contributed by atoms with van der Waals surface area (Å²) in [5, 5.41) is 12.0. The zero-order valence-electron chi connectivity index (χ0n) is 19.8. The van der Waals surface area contributed by atoms with Gasteiger partial charge in [0.05, 0.1) is 0 Å². The molecule has 3 N–H and O–H groups in total. The Morgan fingerprint density at radius 3 is 2.29 bits per heavy atom. The molecule has 4 rings (SSSR count). The van der Waals surface area contributed by atoms with Crippen LogP contribution in [0.15, 0.2) is 47.8 Å². The number of hydrogen-bond donors (Lipinski definition) is 3. The van der Waals surface area contributed by atoms with Gasteiger partial charge in [-0.2, -0.15) is 0 Å². The quantitative estimate of drug-likeness (QED) is 0.370. The number of carbonyl (C=O) groups is 2. The average Bonchev–Trinajstić information content (AvgIpc) is 3.29. The van der Waals surface area contributed by atoms with Gasteiger partial charge in [0.2, 0.25) is 0 Å². The summed E-state index contributed by atoms with van der Waals surface area (Å²) >= 11 is 7.29. The Hall–Kier alpha value is -3.10. The second-order valence-electron chi connectivity index (χ2n) is 8.87. The fraction of sp³-hybridized carbons (Fsp3) is 0.346. The van der Waals surface area contributed by atoms with Crippen molar-refractivity contribution in [3.05, 3.63) is 74.7 Å². The largest absolute Gasteiger partial charge is 0.486 e. The van der Waals surface area contributed by atoms with Gasteiger partial charge in [0.15, 0.2) is 0 Å². The first-order chi connectivity index (χ1) is 16.8. The van der Waals surface area contributed by atoms with Gasteiger partial charge in [-0.3, -0.25) is 4.79 Å². The molecule has 35 heavy (non-hydrogen) atoms. The van der Waals surface area contributed by atoms with Crippen LogP contribution in [0.3, 0.4) is 0 Å². The number of benzene rings is 2. The number of urea groups is 1. The molecule has 1 aliphatic rings. The van der Waals surface area contributed by atoms with Crippen LogP contribution in [-0.4, -0.2) is 29.0 Å². The topological polar surface area (TPSA) is 92.3 Å². The number of aromatic nitrogens is 1. The zero-order chi connectivity index (χ0) is 24.8. The summed E-state index contributed by atoms with van der Waals surface area (Å²) in [6, 6.07) is 12.9. The standard InChI is InChI=1S/C26H29ClN4O3S/c1-16-11-17(2)13-22(12-16)34-14-24-31-23(15-35-24)25(32)28-19-7-9-21(10-8-19)30-26(33)29-20-5-3-18(27)4-6-20/h3-6,11-13,15,19,21H,7-10,14H2,1-2H3,(H,28,32)(H2,29,30,33). The average molecular weight is 513 g/mol. The minimum absolute atomic E-state index is 0.0662. The van der Waals surface area contributed by atoms with E-state index in [9.17, 15) is 9.59 Å². The molecule has 1 aliphatic carbocycles. The molecule has 0 bridgehead atoms. The summed E-state index contributed by atoms with van der Waals surface area (Å²) in [5.74, 6) is 0.631. The number of nitrogens with one attached hydrogen (secondary N) is 3. The fourth-order valence-electron chi connectivity index (χ4n) is 4.17. The van der Waals surface area contributed by atoms with Crippen molar-refractivity contribution >= 4 is 40.6 Å². The van der Waals surface area contributed by atoms with Gasteiger partial charge in [0, 0.05) is 28.2 Å². The lowest BCUT2D eigenvalue weighted by Crippen LogP contribution is -2.45. The number of hydrogen-bond acceptors (Lipinski definition) is 5. The molecule has 0 aliphatic heterocycles. The van der Waals surface area contributed by atoms with Gasteiger partial charge >= 0.3 is 6.03 Å². The summed E-state index contributed by atoms with van der Waals surface area (Å²) in [6.45, 7) is 4.40. The molecular weight excluding hydrogens is 484 g/mol. The molecule has 184 valence electrons. The SMILES string of the molecule is Cc1cc(C)cc(OCc2nc(C(=O)NC3CCC(NC(=O)Nc4ccc(Cl)cc4)CC3)cs2)c1. The van der Waals surface area contributed by atoms with Gasteiger partial charge in [-0.15, -0.1) is 11.3 Å². The molecule has 7 nitrogen and oxygen atoms in total. The van der Waals surface area contributed by atoms with Crippen LogP contribution < -0.4 is 20.7 Å². The smallest absolute Gasteiger partial charge is 0.319 e. The van der Waals surface area contributed by atoms with Gasteiger partial charge < -0.3 is 20.7 Å². The molecule has 2 aromatic carbocycles. The Morgan fingerprint density at radius 1 is 1.00 bits per heavy atom. The molecular formula is C26H29ClN4O3S. The molecule has 0 radical (unpaired) electrons. The first-order valence-corrected chi connectivity index (χ1v) is 12.9. The second kappa shape index (κ2) is 11.6.